The normalized spacial score (nSPS) is 42.4. The number of hydrogen-bond acceptors (Lipinski definition) is 5. The monoisotopic (exact) mass is 249 g/mol. The van der Waals surface area contributed by atoms with Gasteiger partial charge in [-0.1, -0.05) is 12.1 Å². The molecule has 1 aromatic carbocycles. The van der Waals surface area contributed by atoms with E-state index in [1.165, 1.54) is 0 Å². The number of phenolic OH excluding ortho intramolecular Hbond substituents is 1. The molecule has 0 unspecified atom stereocenters. The molecule has 18 heavy (non-hydrogen) atoms. The van der Waals surface area contributed by atoms with Crippen LogP contribution in [0.1, 0.15) is 12.5 Å². The van der Waals surface area contributed by atoms with Crippen LogP contribution in [0.4, 0.5) is 0 Å². The minimum absolute atomic E-state index is 0.0131. The third-order valence-corrected chi connectivity index (χ3v) is 4.04. The molecule has 0 amide bonds. The Kier molecular flexibility index (Phi) is 2.06. The average molecular weight is 249 g/mol. The van der Waals surface area contributed by atoms with E-state index in [-0.39, 0.29) is 24.4 Å². The average Bonchev–Trinajstić information content (AvgIpc) is 2.98. The molecule has 96 valence electrons. The number of nitrogens with zero attached hydrogens (tertiary/aromatic N) is 1. The second kappa shape index (κ2) is 3.45. The number of rotatable bonds is 1. The van der Waals surface area contributed by atoms with Crippen molar-refractivity contribution in [3.63, 3.8) is 0 Å². The van der Waals surface area contributed by atoms with E-state index in [9.17, 15) is 5.11 Å². The summed E-state index contributed by atoms with van der Waals surface area (Å²) in [5.41, 5.74) is 0.379. The van der Waals surface area contributed by atoms with E-state index in [0.29, 0.717) is 13.2 Å². The SMILES string of the molecule is C[C@]1(c2cccc(O)c2)O[C@H]2CO[C@H]3CO[C@@H]1N32. The van der Waals surface area contributed by atoms with Crippen molar-refractivity contribution in [1.82, 2.24) is 4.90 Å². The Hall–Kier alpha value is -1.14. The standard InChI is InChI=1S/C13H15NO4/c1-13(8-3-2-4-9(15)5-8)12-14-10(6-17-12)16-7-11(14)18-13/h2-5,10-12,15H,6-7H2,1H3/t10-,11-,12-,13+/m0/s1. The summed E-state index contributed by atoms with van der Waals surface area (Å²) >= 11 is 0. The van der Waals surface area contributed by atoms with Gasteiger partial charge in [-0.3, -0.25) is 0 Å². The van der Waals surface area contributed by atoms with E-state index in [4.69, 9.17) is 14.2 Å². The van der Waals surface area contributed by atoms with Gasteiger partial charge in [0.05, 0.1) is 13.2 Å². The summed E-state index contributed by atoms with van der Waals surface area (Å²) in [6.07, 6.45) is -0.175. The van der Waals surface area contributed by atoms with E-state index in [1.807, 2.05) is 19.1 Å². The summed E-state index contributed by atoms with van der Waals surface area (Å²) < 4.78 is 17.5. The van der Waals surface area contributed by atoms with Crippen molar-refractivity contribution < 1.29 is 19.3 Å². The molecule has 5 heteroatoms. The smallest absolute Gasteiger partial charge is 0.148 e. The highest BCUT2D eigenvalue weighted by molar-refractivity contribution is 5.33. The van der Waals surface area contributed by atoms with E-state index < -0.39 is 5.60 Å². The molecule has 4 atom stereocenters. The van der Waals surface area contributed by atoms with Gasteiger partial charge in [0.1, 0.15) is 30.0 Å². The van der Waals surface area contributed by atoms with Gasteiger partial charge < -0.3 is 19.3 Å². The summed E-state index contributed by atoms with van der Waals surface area (Å²) in [6.45, 7) is 3.17. The molecule has 5 nitrogen and oxygen atoms in total. The summed E-state index contributed by atoms with van der Waals surface area (Å²) in [5, 5.41) is 9.63. The summed E-state index contributed by atoms with van der Waals surface area (Å²) in [6, 6.07) is 7.18. The Morgan fingerprint density at radius 2 is 2.11 bits per heavy atom. The van der Waals surface area contributed by atoms with Crippen molar-refractivity contribution in [3.8, 4) is 5.75 Å². The topological polar surface area (TPSA) is 51.2 Å². The second-order valence-corrected chi connectivity index (χ2v) is 5.15. The van der Waals surface area contributed by atoms with Crippen LogP contribution >= 0.6 is 0 Å². The molecule has 0 aliphatic carbocycles. The molecular weight excluding hydrogens is 234 g/mol. The quantitative estimate of drug-likeness (QED) is 0.804. The molecule has 3 aliphatic rings. The molecule has 3 fully saturated rings. The van der Waals surface area contributed by atoms with Gasteiger partial charge in [0, 0.05) is 0 Å². The van der Waals surface area contributed by atoms with Crippen molar-refractivity contribution in [1.29, 1.82) is 0 Å². The lowest BCUT2D eigenvalue weighted by molar-refractivity contribution is -0.0899. The van der Waals surface area contributed by atoms with Crippen LogP contribution in [-0.2, 0) is 19.8 Å². The Labute approximate surface area is 105 Å². The van der Waals surface area contributed by atoms with E-state index in [0.717, 1.165) is 5.56 Å². The molecule has 3 saturated heterocycles. The van der Waals surface area contributed by atoms with E-state index in [2.05, 4.69) is 4.90 Å². The van der Waals surface area contributed by atoms with Crippen molar-refractivity contribution in [2.24, 2.45) is 0 Å². The molecule has 1 N–H and O–H groups in total. The maximum absolute atomic E-state index is 9.63. The van der Waals surface area contributed by atoms with Crippen LogP contribution in [-0.4, -0.2) is 41.9 Å². The fourth-order valence-corrected chi connectivity index (χ4v) is 3.15. The van der Waals surface area contributed by atoms with Crippen LogP contribution in [0.15, 0.2) is 24.3 Å². The molecule has 0 aromatic heterocycles. The van der Waals surface area contributed by atoms with Crippen LogP contribution in [0.25, 0.3) is 0 Å². The Morgan fingerprint density at radius 1 is 1.28 bits per heavy atom. The van der Waals surface area contributed by atoms with Gasteiger partial charge in [-0.2, -0.15) is 0 Å². The summed E-state index contributed by atoms with van der Waals surface area (Å²) in [5.74, 6) is 0.246. The number of ether oxygens (including phenoxy) is 3. The molecular formula is C13H15NO4. The van der Waals surface area contributed by atoms with Crippen LogP contribution in [0.2, 0.25) is 0 Å². The molecule has 3 aliphatic heterocycles. The molecule has 0 bridgehead atoms. The molecule has 4 rings (SSSR count). The van der Waals surface area contributed by atoms with Crippen molar-refractivity contribution >= 4 is 0 Å². The predicted molar refractivity (Wildman–Crippen MR) is 61.7 cm³/mol. The summed E-state index contributed by atoms with van der Waals surface area (Å²) in [7, 11) is 0. The first-order valence-electron chi connectivity index (χ1n) is 6.16. The van der Waals surface area contributed by atoms with Gasteiger partial charge in [-0.05, 0) is 24.6 Å². The zero-order valence-corrected chi connectivity index (χ0v) is 10.1. The highest BCUT2D eigenvalue weighted by Crippen LogP contribution is 2.48. The van der Waals surface area contributed by atoms with Gasteiger partial charge in [0.25, 0.3) is 0 Å². The maximum Gasteiger partial charge on any atom is 0.148 e. The van der Waals surface area contributed by atoms with Crippen LogP contribution in [0, 0.1) is 0 Å². The first-order valence-corrected chi connectivity index (χ1v) is 6.16. The Balaban J connectivity index is 1.76. The zero-order valence-electron chi connectivity index (χ0n) is 10.1. The van der Waals surface area contributed by atoms with Crippen LogP contribution in [0.3, 0.4) is 0 Å². The second-order valence-electron chi connectivity index (χ2n) is 5.15. The van der Waals surface area contributed by atoms with Crippen LogP contribution in [0.5, 0.6) is 5.75 Å². The lowest BCUT2D eigenvalue weighted by Gasteiger charge is -2.29. The third-order valence-electron chi connectivity index (χ3n) is 4.04. The third kappa shape index (κ3) is 1.25. The molecule has 1 aromatic rings. The predicted octanol–water partition coefficient (Wildman–Crippen LogP) is 0.978. The molecule has 0 radical (unpaired) electrons. The highest BCUT2D eigenvalue weighted by atomic mass is 16.7. The molecule has 0 saturated carbocycles. The lowest BCUT2D eigenvalue weighted by Crippen LogP contribution is -2.39. The van der Waals surface area contributed by atoms with Gasteiger partial charge in [-0.25, -0.2) is 4.90 Å². The molecule has 0 spiro atoms. The zero-order chi connectivity index (χ0) is 12.3. The minimum atomic E-state index is -0.554. The maximum atomic E-state index is 9.63. The highest BCUT2D eigenvalue weighted by Gasteiger charge is 2.61. The summed E-state index contributed by atoms with van der Waals surface area (Å²) in [4.78, 5) is 2.14. The minimum Gasteiger partial charge on any atom is -0.508 e. The van der Waals surface area contributed by atoms with Gasteiger partial charge in [0.15, 0.2) is 0 Å². The van der Waals surface area contributed by atoms with Gasteiger partial charge >= 0.3 is 0 Å². The van der Waals surface area contributed by atoms with Crippen LogP contribution < -0.4 is 0 Å². The Morgan fingerprint density at radius 3 is 2.94 bits per heavy atom. The number of phenols is 1. The fourth-order valence-electron chi connectivity index (χ4n) is 3.15. The first kappa shape index (κ1) is 10.8. The number of hydrogen-bond donors (Lipinski definition) is 1. The largest absolute Gasteiger partial charge is 0.508 e. The van der Waals surface area contributed by atoms with E-state index in [1.54, 1.807) is 12.1 Å². The van der Waals surface area contributed by atoms with Crippen molar-refractivity contribution in [2.75, 3.05) is 13.2 Å². The van der Waals surface area contributed by atoms with Crippen molar-refractivity contribution in [3.05, 3.63) is 29.8 Å². The van der Waals surface area contributed by atoms with Crippen molar-refractivity contribution in [2.45, 2.75) is 31.2 Å². The van der Waals surface area contributed by atoms with E-state index >= 15 is 0 Å². The van der Waals surface area contributed by atoms with Gasteiger partial charge in [0.2, 0.25) is 0 Å². The fraction of sp³-hybridized carbons (Fsp3) is 0.538. The Bertz CT molecular complexity index is 494. The number of aromatic hydroxyl groups is 1. The first-order chi connectivity index (χ1) is 8.68. The van der Waals surface area contributed by atoms with Gasteiger partial charge in [-0.15, -0.1) is 0 Å². The number of benzene rings is 1. The molecule has 3 heterocycles. The lowest BCUT2D eigenvalue weighted by atomic mass is 9.94.